The predicted molar refractivity (Wildman–Crippen MR) is 97.0 cm³/mol. The third-order valence-electron chi connectivity index (χ3n) is 5.17. The van der Waals surface area contributed by atoms with E-state index in [1.165, 1.54) is 0 Å². The average Bonchev–Trinajstić information content (AvgIpc) is 2.62. The van der Waals surface area contributed by atoms with Crippen LogP contribution in [0.25, 0.3) is 10.8 Å². The minimum atomic E-state index is 0.0844. The fraction of sp³-hybridized carbons (Fsp3) is 0.429. The van der Waals surface area contributed by atoms with Gasteiger partial charge >= 0.3 is 0 Å². The van der Waals surface area contributed by atoms with E-state index in [2.05, 4.69) is 24.8 Å². The zero-order chi connectivity index (χ0) is 17.1. The lowest BCUT2D eigenvalue weighted by atomic mass is 9.81. The molecule has 1 aliphatic heterocycles. The highest BCUT2D eigenvalue weighted by molar-refractivity contribution is 6.01. The van der Waals surface area contributed by atoms with Crippen molar-refractivity contribution in [1.82, 2.24) is 4.90 Å². The normalized spacial score (nSPS) is 21.5. The van der Waals surface area contributed by atoms with E-state index in [1.54, 1.807) is 0 Å². The first-order valence-corrected chi connectivity index (χ1v) is 8.83. The van der Waals surface area contributed by atoms with Crippen molar-refractivity contribution in [2.24, 2.45) is 11.8 Å². The van der Waals surface area contributed by atoms with E-state index in [-0.39, 0.29) is 11.7 Å². The first-order valence-electron chi connectivity index (χ1n) is 8.83. The Balaban J connectivity index is 1.86. The second-order valence-electron chi connectivity index (χ2n) is 6.93. The van der Waals surface area contributed by atoms with E-state index < -0.39 is 0 Å². The van der Waals surface area contributed by atoms with E-state index in [0.29, 0.717) is 11.5 Å². The summed E-state index contributed by atoms with van der Waals surface area (Å²) in [6.07, 6.45) is 2.22. The Hall–Kier alpha value is -2.18. The number of likely N-dealkylation sites (tertiary alicyclic amines) is 1. The molecule has 1 aliphatic rings. The lowest BCUT2D eigenvalue weighted by Crippen LogP contribution is -2.43. The van der Waals surface area contributed by atoms with Crippen molar-refractivity contribution in [1.29, 1.82) is 5.26 Å². The number of fused-ring (bicyclic) bond motifs is 1. The summed E-state index contributed by atoms with van der Waals surface area (Å²) in [5.74, 6) is 0.776. The molecule has 0 saturated carbocycles. The van der Waals surface area contributed by atoms with Gasteiger partial charge in [0.2, 0.25) is 0 Å². The van der Waals surface area contributed by atoms with Gasteiger partial charge in [-0.05, 0) is 60.8 Å². The van der Waals surface area contributed by atoms with E-state index >= 15 is 0 Å². The average molecular weight is 320 g/mol. The number of ketones is 1. The standard InChI is InChI=1S/C21H24N2O/c1-3-9-23-10-8-15(2)20(14-23)21(24)19-7-6-17-11-16(13-22)4-5-18(17)12-19/h4-7,11-12,15,20H,3,8-10,14H2,1-2H3/t15-,20-/m1/s1. The molecule has 1 heterocycles. The molecule has 1 saturated heterocycles. The molecule has 3 rings (SSSR count). The third-order valence-corrected chi connectivity index (χ3v) is 5.17. The van der Waals surface area contributed by atoms with Crippen LogP contribution in [0.2, 0.25) is 0 Å². The molecule has 0 bridgehead atoms. The van der Waals surface area contributed by atoms with Crippen LogP contribution in [0.3, 0.4) is 0 Å². The van der Waals surface area contributed by atoms with Gasteiger partial charge in [-0.1, -0.05) is 32.0 Å². The van der Waals surface area contributed by atoms with Gasteiger partial charge in [0.1, 0.15) is 0 Å². The summed E-state index contributed by atoms with van der Waals surface area (Å²) in [5, 5.41) is 11.0. The summed E-state index contributed by atoms with van der Waals surface area (Å²) in [5.41, 5.74) is 1.44. The molecule has 0 aromatic heterocycles. The summed E-state index contributed by atoms with van der Waals surface area (Å²) in [6.45, 7) is 7.44. The molecule has 0 aliphatic carbocycles. The van der Waals surface area contributed by atoms with Crippen LogP contribution in [-0.2, 0) is 0 Å². The van der Waals surface area contributed by atoms with E-state index in [9.17, 15) is 4.79 Å². The molecule has 124 valence electrons. The molecule has 0 radical (unpaired) electrons. The number of rotatable bonds is 4. The molecule has 3 heteroatoms. The van der Waals surface area contributed by atoms with Gasteiger partial charge in [-0.2, -0.15) is 5.26 Å². The number of nitrogens with zero attached hydrogens (tertiary/aromatic N) is 2. The number of carbonyl (C=O) groups is 1. The number of Topliss-reactive ketones (excluding diaryl/α,β-unsaturated/α-hetero) is 1. The highest BCUT2D eigenvalue weighted by Gasteiger charge is 2.31. The Bertz CT molecular complexity index is 790. The summed E-state index contributed by atoms with van der Waals surface area (Å²) in [6, 6.07) is 13.6. The Morgan fingerprint density at radius 2 is 2.00 bits per heavy atom. The van der Waals surface area contributed by atoms with Gasteiger partial charge < -0.3 is 4.90 Å². The van der Waals surface area contributed by atoms with Crippen LogP contribution >= 0.6 is 0 Å². The Morgan fingerprint density at radius 1 is 1.25 bits per heavy atom. The quantitative estimate of drug-likeness (QED) is 0.791. The van der Waals surface area contributed by atoms with Crippen LogP contribution in [0.1, 0.15) is 42.6 Å². The van der Waals surface area contributed by atoms with Crippen molar-refractivity contribution in [2.75, 3.05) is 19.6 Å². The number of hydrogen-bond donors (Lipinski definition) is 0. The maximum Gasteiger partial charge on any atom is 0.167 e. The number of hydrogen-bond acceptors (Lipinski definition) is 3. The van der Waals surface area contributed by atoms with Crippen molar-refractivity contribution in [2.45, 2.75) is 26.7 Å². The van der Waals surface area contributed by atoms with Crippen molar-refractivity contribution >= 4 is 16.6 Å². The first kappa shape index (κ1) is 16.7. The van der Waals surface area contributed by atoms with Crippen LogP contribution in [0.4, 0.5) is 0 Å². The van der Waals surface area contributed by atoms with E-state index in [0.717, 1.165) is 48.8 Å². The summed E-state index contributed by atoms with van der Waals surface area (Å²) >= 11 is 0. The molecule has 2 aromatic carbocycles. The smallest absolute Gasteiger partial charge is 0.167 e. The van der Waals surface area contributed by atoms with Crippen molar-refractivity contribution < 1.29 is 4.79 Å². The number of nitriles is 1. The van der Waals surface area contributed by atoms with Crippen LogP contribution < -0.4 is 0 Å². The molecule has 24 heavy (non-hydrogen) atoms. The highest BCUT2D eigenvalue weighted by atomic mass is 16.1. The number of piperidine rings is 1. The molecule has 0 spiro atoms. The highest BCUT2D eigenvalue weighted by Crippen LogP contribution is 2.28. The number of benzene rings is 2. The lowest BCUT2D eigenvalue weighted by molar-refractivity contribution is 0.0720. The van der Waals surface area contributed by atoms with E-state index in [1.807, 2.05) is 36.4 Å². The summed E-state index contributed by atoms with van der Waals surface area (Å²) < 4.78 is 0. The van der Waals surface area contributed by atoms with Crippen molar-refractivity contribution in [3.05, 3.63) is 47.5 Å². The first-order chi connectivity index (χ1) is 11.6. The summed E-state index contributed by atoms with van der Waals surface area (Å²) in [7, 11) is 0. The second-order valence-corrected chi connectivity index (χ2v) is 6.93. The van der Waals surface area contributed by atoms with Crippen LogP contribution in [0.15, 0.2) is 36.4 Å². The molecule has 1 fully saturated rings. The molecule has 0 N–H and O–H groups in total. The minimum absolute atomic E-state index is 0.0844. The maximum atomic E-state index is 13.0. The van der Waals surface area contributed by atoms with Gasteiger partial charge in [0.05, 0.1) is 11.6 Å². The predicted octanol–water partition coefficient (Wildman–Crippen LogP) is 4.26. The van der Waals surface area contributed by atoms with Gasteiger partial charge in [-0.15, -0.1) is 0 Å². The van der Waals surface area contributed by atoms with Crippen LogP contribution in [0.5, 0.6) is 0 Å². The molecule has 0 amide bonds. The number of carbonyl (C=O) groups excluding carboxylic acids is 1. The van der Waals surface area contributed by atoms with Crippen LogP contribution in [0, 0.1) is 23.2 Å². The topological polar surface area (TPSA) is 44.1 Å². The maximum absolute atomic E-state index is 13.0. The molecular formula is C21H24N2O. The second kappa shape index (κ2) is 7.15. The summed E-state index contributed by atoms with van der Waals surface area (Å²) in [4.78, 5) is 15.5. The minimum Gasteiger partial charge on any atom is -0.303 e. The van der Waals surface area contributed by atoms with Gasteiger partial charge in [-0.3, -0.25) is 4.79 Å². The van der Waals surface area contributed by atoms with Crippen molar-refractivity contribution in [3.63, 3.8) is 0 Å². The fourth-order valence-corrected chi connectivity index (χ4v) is 3.68. The Kier molecular flexibility index (Phi) is 4.97. The SMILES string of the molecule is CCCN1CC[C@@H](C)[C@H](C(=O)c2ccc3cc(C#N)ccc3c2)C1. The third kappa shape index (κ3) is 3.34. The van der Waals surface area contributed by atoms with Crippen molar-refractivity contribution in [3.8, 4) is 6.07 Å². The fourth-order valence-electron chi connectivity index (χ4n) is 3.68. The van der Waals surface area contributed by atoms with Gasteiger partial charge in [-0.25, -0.2) is 0 Å². The lowest BCUT2D eigenvalue weighted by Gasteiger charge is -2.36. The van der Waals surface area contributed by atoms with Gasteiger partial charge in [0.15, 0.2) is 5.78 Å². The zero-order valence-electron chi connectivity index (χ0n) is 14.5. The largest absolute Gasteiger partial charge is 0.303 e. The Labute approximate surface area is 143 Å². The Morgan fingerprint density at radius 3 is 2.75 bits per heavy atom. The van der Waals surface area contributed by atoms with Gasteiger partial charge in [0.25, 0.3) is 0 Å². The molecule has 0 unspecified atom stereocenters. The van der Waals surface area contributed by atoms with Crippen LogP contribution in [-0.4, -0.2) is 30.3 Å². The zero-order valence-corrected chi connectivity index (χ0v) is 14.5. The van der Waals surface area contributed by atoms with E-state index in [4.69, 9.17) is 5.26 Å². The van der Waals surface area contributed by atoms with Gasteiger partial charge in [0, 0.05) is 18.0 Å². The molecule has 2 aromatic rings. The molecule has 2 atom stereocenters. The molecule has 3 nitrogen and oxygen atoms in total. The molecular weight excluding hydrogens is 296 g/mol. The monoisotopic (exact) mass is 320 g/mol.